The summed E-state index contributed by atoms with van der Waals surface area (Å²) in [5.74, 6) is 0. The van der Waals surface area contributed by atoms with Gasteiger partial charge in [0.05, 0.1) is 0 Å². The highest BCUT2D eigenvalue weighted by atomic mass is 35.5. The van der Waals surface area contributed by atoms with Gasteiger partial charge in [-0.25, -0.2) is 9.97 Å². The predicted octanol–water partition coefficient (Wildman–Crippen LogP) is 7.52. The van der Waals surface area contributed by atoms with Crippen molar-refractivity contribution in [3.8, 4) is 22.4 Å². The van der Waals surface area contributed by atoms with Gasteiger partial charge in [0, 0.05) is 16.3 Å². The van der Waals surface area contributed by atoms with Crippen molar-refractivity contribution in [1.29, 1.82) is 0 Å². The van der Waals surface area contributed by atoms with Crippen LogP contribution in [0.15, 0.2) is 95.4 Å². The highest BCUT2D eigenvalue weighted by molar-refractivity contribution is 6.29. The summed E-state index contributed by atoms with van der Waals surface area (Å²) in [6, 6.07) is 30.8. The van der Waals surface area contributed by atoms with Crippen molar-refractivity contribution in [1.82, 2.24) is 9.97 Å². The number of benzene rings is 4. The molecule has 4 aromatic carbocycles. The maximum absolute atomic E-state index is 6.37. The van der Waals surface area contributed by atoms with Crippen LogP contribution >= 0.6 is 11.6 Å². The molecule has 0 saturated heterocycles. The van der Waals surface area contributed by atoms with Crippen molar-refractivity contribution in [3.63, 3.8) is 0 Å². The number of rotatable bonds is 2. The van der Waals surface area contributed by atoms with Crippen molar-refractivity contribution in [3.05, 3.63) is 96.3 Å². The van der Waals surface area contributed by atoms with E-state index in [-0.39, 0.29) is 5.28 Å². The van der Waals surface area contributed by atoms with E-state index in [1.807, 2.05) is 48.5 Å². The van der Waals surface area contributed by atoms with Crippen LogP contribution in [0.1, 0.15) is 0 Å². The van der Waals surface area contributed by atoms with Crippen molar-refractivity contribution in [2.45, 2.75) is 0 Å². The lowest BCUT2D eigenvalue weighted by Gasteiger charge is -2.06. The lowest BCUT2D eigenvalue weighted by Crippen LogP contribution is -1.90. The second-order valence-corrected chi connectivity index (χ2v) is 7.57. The summed E-state index contributed by atoms with van der Waals surface area (Å²) in [6.07, 6.45) is 0. The normalized spacial score (nSPS) is 11.5. The molecule has 0 amide bonds. The predicted molar refractivity (Wildman–Crippen MR) is 123 cm³/mol. The fourth-order valence-electron chi connectivity index (χ4n) is 4.02. The van der Waals surface area contributed by atoms with Gasteiger partial charge >= 0.3 is 0 Å². The van der Waals surface area contributed by atoms with Gasteiger partial charge in [0.2, 0.25) is 5.28 Å². The van der Waals surface area contributed by atoms with Crippen LogP contribution in [0.5, 0.6) is 0 Å². The van der Waals surface area contributed by atoms with Gasteiger partial charge in [-0.05, 0) is 40.2 Å². The fraction of sp³-hybridized carbons (Fsp3) is 0. The molecule has 0 unspecified atom stereocenters. The first-order chi connectivity index (χ1) is 14.8. The quantitative estimate of drug-likeness (QED) is 0.279. The highest BCUT2D eigenvalue weighted by Crippen LogP contribution is 2.38. The van der Waals surface area contributed by atoms with E-state index in [4.69, 9.17) is 16.0 Å². The van der Waals surface area contributed by atoms with Crippen LogP contribution in [0.25, 0.3) is 55.2 Å². The molecule has 4 heteroatoms. The smallest absolute Gasteiger partial charge is 0.223 e. The van der Waals surface area contributed by atoms with Gasteiger partial charge in [-0.3, -0.25) is 0 Å². The van der Waals surface area contributed by atoms with Crippen LogP contribution in [-0.4, -0.2) is 9.97 Å². The zero-order chi connectivity index (χ0) is 20.1. The van der Waals surface area contributed by atoms with Crippen LogP contribution in [-0.2, 0) is 0 Å². The zero-order valence-corrected chi connectivity index (χ0v) is 16.6. The molecule has 142 valence electrons. The standard InChI is InChI=1S/C26H15ClN2O/c27-26-28-22(19-11-6-10-18(15-19)16-7-2-1-3-8-16)25-23(29-26)21-14-13-17-9-4-5-12-20(17)24(21)30-25/h1-15H. The summed E-state index contributed by atoms with van der Waals surface area (Å²) in [7, 11) is 0. The largest absolute Gasteiger partial charge is 0.451 e. The summed E-state index contributed by atoms with van der Waals surface area (Å²) >= 11 is 6.34. The van der Waals surface area contributed by atoms with Gasteiger partial charge in [-0.15, -0.1) is 0 Å². The molecule has 3 nitrogen and oxygen atoms in total. The first-order valence-electron chi connectivity index (χ1n) is 9.71. The molecule has 2 aromatic heterocycles. The van der Waals surface area contributed by atoms with Crippen LogP contribution in [0.3, 0.4) is 0 Å². The van der Waals surface area contributed by atoms with E-state index in [1.54, 1.807) is 0 Å². The monoisotopic (exact) mass is 406 g/mol. The zero-order valence-electron chi connectivity index (χ0n) is 15.8. The Kier molecular flexibility index (Phi) is 3.83. The van der Waals surface area contributed by atoms with Gasteiger partial charge in [-0.2, -0.15) is 0 Å². The van der Waals surface area contributed by atoms with Gasteiger partial charge in [0.25, 0.3) is 0 Å². The Labute approximate surface area is 177 Å². The number of hydrogen-bond donors (Lipinski definition) is 0. The first kappa shape index (κ1) is 17.2. The van der Waals surface area contributed by atoms with E-state index in [1.165, 1.54) is 0 Å². The molecule has 0 radical (unpaired) electrons. The Morgan fingerprint density at radius 2 is 1.37 bits per heavy atom. The Morgan fingerprint density at radius 3 is 2.27 bits per heavy atom. The molecule has 0 spiro atoms. The van der Waals surface area contributed by atoms with E-state index >= 15 is 0 Å². The third-order valence-corrected chi connectivity index (χ3v) is 5.59. The highest BCUT2D eigenvalue weighted by Gasteiger charge is 2.18. The number of halogens is 1. The molecule has 0 atom stereocenters. The van der Waals surface area contributed by atoms with E-state index in [0.29, 0.717) is 11.3 Å². The van der Waals surface area contributed by atoms with Gasteiger partial charge < -0.3 is 4.42 Å². The lowest BCUT2D eigenvalue weighted by molar-refractivity contribution is 0.671. The van der Waals surface area contributed by atoms with Crippen molar-refractivity contribution < 1.29 is 4.42 Å². The maximum atomic E-state index is 6.37. The molecule has 6 rings (SSSR count). The molecular formula is C26H15ClN2O. The lowest BCUT2D eigenvalue weighted by atomic mass is 10.0. The van der Waals surface area contributed by atoms with Crippen LogP contribution < -0.4 is 0 Å². The number of aromatic nitrogens is 2. The van der Waals surface area contributed by atoms with Gasteiger partial charge in [0.1, 0.15) is 16.8 Å². The molecule has 0 aliphatic carbocycles. The van der Waals surface area contributed by atoms with Crippen molar-refractivity contribution in [2.75, 3.05) is 0 Å². The van der Waals surface area contributed by atoms with Gasteiger partial charge in [0.15, 0.2) is 5.58 Å². The summed E-state index contributed by atoms with van der Waals surface area (Å²) in [5, 5.41) is 3.32. The van der Waals surface area contributed by atoms with Crippen LogP contribution in [0.4, 0.5) is 0 Å². The third-order valence-electron chi connectivity index (χ3n) is 5.42. The molecule has 0 aliphatic rings. The minimum Gasteiger partial charge on any atom is -0.451 e. The van der Waals surface area contributed by atoms with Crippen LogP contribution in [0, 0.1) is 0 Å². The molecule has 0 aliphatic heterocycles. The van der Waals surface area contributed by atoms with Crippen molar-refractivity contribution in [2.24, 2.45) is 0 Å². The fourth-order valence-corrected chi connectivity index (χ4v) is 4.19. The summed E-state index contributed by atoms with van der Waals surface area (Å²) in [4.78, 5) is 9.04. The van der Waals surface area contributed by atoms with Crippen molar-refractivity contribution >= 4 is 44.4 Å². The summed E-state index contributed by atoms with van der Waals surface area (Å²) in [6.45, 7) is 0. The number of nitrogens with zero attached hydrogens (tertiary/aromatic N) is 2. The Bertz CT molecular complexity index is 1550. The molecule has 30 heavy (non-hydrogen) atoms. The summed E-state index contributed by atoms with van der Waals surface area (Å²) in [5.41, 5.74) is 6.08. The van der Waals surface area contributed by atoms with Crippen LogP contribution in [0.2, 0.25) is 5.28 Å². The average molecular weight is 407 g/mol. The third kappa shape index (κ3) is 2.67. The second-order valence-electron chi connectivity index (χ2n) is 7.23. The average Bonchev–Trinajstić information content (AvgIpc) is 3.18. The SMILES string of the molecule is Clc1nc(-c2cccc(-c3ccccc3)c2)c2oc3c4ccccc4ccc3c2n1. The molecule has 0 N–H and O–H groups in total. The molecule has 0 saturated carbocycles. The number of furan rings is 1. The molecule has 0 bridgehead atoms. The van der Waals surface area contributed by atoms with Gasteiger partial charge in [-0.1, -0.05) is 78.9 Å². The molecular weight excluding hydrogens is 392 g/mol. The molecule has 2 heterocycles. The van der Waals surface area contributed by atoms with E-state index in [2.05, 4.69) is 52.4 Å². The van der Waals surface area contributed by atoms with E-state index in [0.717, 1.165) is 43.9 Å². The Balaban J connectivity index is 1.65. The second kappa shape index (κ2) is 6.68. The molecule has 0 fully saturated rings. The topological polar surface area (TPSA) is 38.9 Å². The minimum atomic E-state index is 0.207. The van der Waals surface area contributed by atoms with E-state index < -0.39 is 0 Å². The number of fused-ring (bicyclic) bond motifs is 5. The maximum Gasteiger partial charge on any atom is 0.223 e. The minimum absolute atomic E-state index is 0.207. The van der Waals surface area contributed by atoms with E-state index in [9.17, 15) is 0 Å². The number of hydrogen-bond acceptors (Lipinski definition) is 3. The summed E-state index contributed by atoms with van der Waals surface area (Å²) < 4.78 is 6.37. The molecule has 6 aromatic rings. The first-order valence-corrected chi connectivity index (χ1v) is 10.1. The Hall–Kier alpha value is -3.69. The Morgan fingerprint density at radius 1 is 0.600 bits per heavy atom.